The van der Waals surface area contributed by atoms with Gasteiger partial charge in [-0.15, -0.1) is 0 Å². The van der Waals surface area contributed by atoms with Gasteiger partial charge in [0.2, 0.25) is 0 Å². The number of aryl methyl sites for hydroxylation is 2. The molecule has 0 saturated heterocycles. The number of pyridine rings is 1. The van der Waals surface area contributed by atoms with E-state index < -0.39 is 0 Å². The average Bonchev–Trinajstić information content (AvgIpc) is 3.21. The van der Waals surface area contributed by atoms with Crippen LogP contribution in [0.15, 0.2) is 48.9 Å². The van der Waals surface area contributed by atoms with Gasteiger partial charge in [0.25, 0.3) is 0 Å². The van der Waals surface area contributed by atoms with Gasteiger partial charge in [-0.25, -0.2) is 9.37 Å². The van der Waals surface area contributed by atoms with E-state index in [1.165, 1.54) is 6.20 Å². The second-order valence-corrected chi connectivity index (χ2v) is 6.20. The first-order chi connectivity index (χ1) is 12.6. The maximum Gasteiger partial charge on any atom is 0.148 e. The topological polar surface area (TPSA) is 58.5 Å². The van der Waals surface area contributed by atoms with Crippen molar-refractivity contribution in [3.63, 3.8) is 0 Å². The summed E-state index contributed by atoms with van der Waals surface area (Å²) >= 11 is 0. The zero-order valence-electron chi connectivity index (χ0n) is 14.5. The van der Waals surface area contributed by atoms with Crippen LogP contribution in [0.4, 0.5) is 15.9 Å². The summed E-state index contributed by atoms with van der Waals surface area (Å²) in [4.78, 5) is 7.42. The molecule has 0 amide bonds. The Morgan fingerprint density at radius 2 is 2.08 bits per heavy atom. The van der Waals surface area contributed by atoms with Crippen molar-refractivity contribution in [2.75, 3.05) is 5.32 Å². The number of H-pyrrole nitrogens is 1. The van der Waals surface area contributed by atoms with Crippen LogP contribution in [0.5, 0.6) is 0 Å². The highest BCUT2D eigenvalue weighted by Gasteiger charge is 2.06. The summed E-state index contributed by atoms with van der Waals surface area (Å²) in [5.74, 6) is 0.524. The maximum absolute atomic E-state index is 13.5. The van der Waals surface area contributed by atoms with E-state index >= 15 is 0 Å². The fourth-order valence-corrected chi connectivity index (χ4v) is 2.83. The molecule has 1 aromatic carbocycles. The Labute approximate surface area is 150 Å². The number of fused-ring (bicyclic) bond motifs is 1. The van der Waals surface area contributed by atoms with Crippen molar-refractivity contribution >= 4 is 34.6 Å². The van der Waals surface area contributed by atoms with E-state index in [2.05, 4.69) is 26.4 Å². The number of aromatic amines is 1. The van der Waals surface area contributed by atoms with Crippen LogP contribution in [0, 0.1) is 12.7 Å². The predicted octanol–water partition coefficient (Wildman–Crippen LogP) is 4.66. The van der Waals surface area contributed by atoms with Crippen LogP contribution in [0.2, 0.25) is 0 Å². The third-order valence-corrected chi connectivity index (χ3v) is 4.17. The number of halogens is 1. The lowest BCUT2D eigenvalue weighted by Crippen LogP contribution is -1.97. The van der Waals surface area contributed by atoms with E-state index in [1.807, 2.05) is 56.7 Å². The number of nitrogens with one attached hydrogen (secondary N) is 2. The van der Waals surface area contributed by atoms with Gasteiger partial charge >= 0.3 is 0 Å². The molecule has 4 rings (SSSR count). The fourth-order valence-electron chi connectivity index (χ4n) is 2.83. The molecule has 0 aliphatic carbocycles. The number of benzene rings is 1. The minimum absolute atomic E-state index is 0.245. The van der Waals surface area contributed by atoms with Gasteiger partial charge in [-0.2, -0.15) is 5.10 Å². The second-order valence-electron chi connectivity index (χ2n) is 6.20. The molecule has 3 heterocycles. The van der Waals surface area contributed by atoms with Crippen LogP contribution in [0.1, 0.15) is 16.8 Å². The molecule has 2 N–H and O–H groups in total. The van der Waals surface area contributed by atoms with Gasteiger partial charge < -0.3 is 10.3 Å². The lowest BCUT2D eigenvalue weighted by Gasteiger charge is -2.09. The molecule has 26 heavy (non-hydrogen) atoms. The van der Waals surface area contributed by atoms with Crippen LogP contribution >= 0.6 is 0 Å². The molecule has 5 nitrogen and oxygen atoms in total. The van der Waals surface area contributed by atoms with E-state index in [0.29, 0.717) is 5.39 Å². The Morgan fingerprint density at radius 3 is 2.85 bits per heavy atom. The molecule has 0 saturated carbocycles. The Bertz CT molecular complexity index is 1110. The summed E-state index contributed by atoms with van der Waals surface area (Å²) in [6, 6.07) is 9.47. The first kappa shape index (κ1) is 16.1. The molecule has 0 aliphatic heterocycles. The summed E-state index contributed by atoms with van der Waals surface area (Å²) in [5, 5.41) is 8.18. The Hall–Kier alpha value is -3.41. The minimum Gasteiger partial charge on any atom is -0.358 e. The molecule has 0 bridgehead atoms. The van der Waals surface area contributed by atoms with Crippen molar-refractivity contribution in [1.29, 1.82) is 0 Å². The van der Waals surface area contributed by atoms with Crippen molar-refractivity contribution in [3.05, 3.63) is 71.6 Å². The molecule has 0 spiro atoms. The number of hydrogen-bond acceptors (Lipinski definition) is 3. The SMILES string of the molecule is Cc1cc(C=Cc2ccn(C)n2)cnc1Nc1ccc2c(F)c[nH]c2c1. The molecule has 6 heteroatoms. The highest BCUT2D eigenvalue weighted by Crippen LogP contribution is 2.24. The molecule has 130 valence electrons. The number of aromatic nitrogens is 4. The number of hydrogen-bond donors (Lipinski definition) is 2. The van der Waals surface area contributed by atoms with Crippen LogP contribution in [-0.2, 0) is 7.05 Å². The van der Waals surface area contributed by atoms with Crippen LogP contribution in [-0.4, -0.2) is 19.7 Å². The summed E-state index contributed by atoms with van der Waals surface area (Å²) in [5.41, 5.74) is 4.53. The third kappa shape index (κ3) is 3.21. The standard InChI is InChI=1S/C20H18FN5/c1-13-9-14(3-4-15-7-8-26(2)25-15)11-23-20(13)24-16-5-6-17-18(21)12-22-19(17)10-16/h3-12,22H,1-2H3,(H,23,24). The number of anilines is 2. The summed E-state index contributed by atoms with van der Waals surface area (Å²) in [6.45, 7) is 2.00. The van der Waals surface area contributed by atoms with Crippen LogP contribution in [0.3, 0.4) is 0 Å². The molecule has 0 atom stereocenters. The van der Waals surface area contributed by atoms with E-state index in [4.69, 9.17) is 0 Å². The fraction of sp³-hybridized carbons (Fsp3) is 0.100. The number of nitrogens with zero attached hydrogens (tertiary/aromatic N) is 3. The zero-order valence-corrected chi connectivity index (χ0v) is 14.5. The van der Waals surface area contributed by atoms with Gasteiger partial charge in [-0.3, -0.25) is 4.68 Å². The van der Waals surface area contributed by atoms with Gasteiger partial charge in [0.05, 0.1) is 11.2 Å². The lowest BCUT2D eigenvalue weighted by atomic mass is 10.1. The van der Waals surface area contributed by atoms with Crippen LogP contribution < -0.4 is 5.32 Å². The van der Waals surface area contributed by atoms with Crippen molar-refractivity contribution in [2.24, 2.45) is 7.05 Å². The summed E-state index contributed by atoms with van der Waals surface area (Å²) in [7, 11) is 1.89. The molecule has 0 radical (unpaired) electrons. The largest absolute Gasteiger partial charge is 0.358 e. The summed E-state index contributed by atoms with van der Waals surface area (Å²) < 4.78 is 15.3. The van der Waals surface area contributed by atoms with Gasteiger partial charge in [0, 0.05) is 36.7 Å². The Kier molecular flexibility index (Phi) is 4.01. The first-order valence-electron chi connectivity index (χ1n) is 8.26. The van der Waals surface area contributed by atoms with E-state index in [-0.39, 0.29) is 5.82 Å². The second kappa shape index (κ2) is 6.48. The Morgan fingerprint density at radius 1 is 1.19 bits per heavy atom. The van der Waals surface area contributed by atoms with E-state index in [0.717, 1.165) is 33.8 Å². The monoisotopic (exact) mass is 347 g/mol. The Balaban J connectivity index is 1.54. The lowest BCUT2D eigenvalue weighted by molar-refractivity contribution is 0.639. The molecule has 0 fully saturated rings. The zero-order chi connectivity index (χ0) is 18.1. The van der Waals surface area contributed by atoms with Gasteiger partial charge in [0.15, 0.2) is 0 Å². The quantitative estimate of drug-likeness (QED) is 0.564. The van der Waals surface area contributed by atoms with Crippen molar-refractivity contribution < 1.29 is 4.39 Å². The molecule has 3 aromatic heterocycles. The summed E-state index contributed by atoms with van der Waals surface area (Å²) in [6.07, 6.45) is 9.02. The smallest absolute Gasteiger partial charge is 0.148 e. The minimum atomic E-state index is -0.245. The third-order valence-electron chi connectivity index (χ3n) is 4.17. The van der Waals surface area contributed by atoms with Crippen molar-refractivity contribution in [3.8, 4) is 0 Å². The van der Waals surface area contributed by atoms with Crippen molar-refractivity contribution in [2.45, 2.75) is 6.92 Å². The van der Waals surface area contributed by atoms with Crippen LogP contribution in [0.25, 0.3) is 23.1 Å². The first-order valence-corrected chi connectivity index (χ1v) is 8.26. The highest BCUT2D eigenvalue weighted by molar-refractivity contribution is 5.84. The molecule has 4 aromatic rings. The highest BCUT2D eigenvalue weighted by atomic mass is 19.1. The number of rotatable bonds is 4. The van der Waals surface area contributed by atoms with E-state index in [9.17, 15) is 4.39 Å². The predicted molar refractivity (Wildman–Crippen MR) is 103 cm³/mol. The van der Waals surface area contributed by atoms with Gasteiger partial charge in [0.1, 0.15) is 11.6 Å². The molecular formula is C20H18FN5. The molecular weight excluding hydrogens is 329 g/mol. The average molecular weight is 347 g/mol. The van der Waals surface area contributed by atoms with Gasteiger partial charge in [-0.1, -0.05) is 6.08 Å². The van der Waals surface area contributed by atoms with Crippen molar-refractivity contribution in [1.82, 2.24) is 19.7 Å². The van der Waals surface area contributed by atoms with Gasteiger partial charge in [-0.05, 0) is 54.5 Å². The normalized spacial score (nSPS) is 11.5. The molecule has 0 unspecified atom stereocenters. The van der Waals surface area contributed by atoms with E-state index in [1.54, 1.807) is 10.7 Å². The maximum atomic E-state index is 13.5. The molecule has 0 aliphatic rings.